The lowest BCUT2D eigenvalue weighted by molar-refractivity contribution is -0.100. The molecule has 0 aromatic rings. The van der Waals surface area contributed by atoms with Gasteiger partial charge in [-0.25, -0.2) is 0 Å². The Kier molecular flexibility index (Phi) is 26.7. The molecule has 0 heteroatoms. The first-order valence-corrected chi connectivity index (χ1v) is 35.7. The molecule has 0 heterocycles. The van der Waals surface area contributed by atoms with Crippen molar-refractivity contribution in [3.05, 3.63) is 0 Å². The summed E-state index contributed by atoms with van der Waals surface area (Å²) in [5, 5.41) is 0. The Hall–Kier alpha value is 0. The van der Waals surface area contributed by atoms with E-state index in [1.807, 2.05) is 0 Å². The van der Waals surface area contributed by atoms with Gasteiger partial charge in [-0.15, -0.1) is 0 Å². The maximum Gasteiger partial charge on any atom is -0.0200 e. The number of rotatable bonds is 0. The monoisotopic (exact) mass is 1140 g/mol. The molecule has 0 aliphatic heterocycles. The Labute approximate surface area is 517 Å². The zero-order valence-corrected chi connectivity index (χ0v) is 64.1. The first-order valence-electron chi connectivity index (χ1n) is 35.7. The van der Waals surface area contributed by atoms with Crippen molar-refractivity contribution >= 4 is 0 Å². The molecule has 0 aromatic carbocycles. The van der Waals surface area contributed by atoms with Gasteiger partial charge in [-0.05, 0) is 175 Å². The van der Waals surface area contributed by atoms with Crippen LogP contribution in [0.5, 0.6) is 0 Å². The standard InChI is InChI=1S/C16H32.C15H30.C14H28.C13H26.C12H24.C11H22/c1-14(2,3)16(15(4,5)6)12-10-8-7-9-11-13-16;1-13(2,3)15(14(4,5)6)11-9-7-8-10-12-15;1-12(2,3)14(13(4,5)6)10-8-7-9-11-14;1-11(2,3)13(12(4,5)6)9-7-8-10-13;1-10(2,3)12(8-7-9-12)11(4,5)6;1-9(2,3)11(7-8-11)10(4,5)6/h7-13H2,1-6H3;7-12H2,1-6H3;7-11H2,1-6H3;7-10H2,1-6H3;7-9H2,1-6H3;7-8H2,1-6H3. The molecule has 6 fully saturated rings. The lowest BCUT2D eigenvalue weighted by Gasteiger charge is -2.60. The molecule has 0 unspecified atom stereocenters. The predicted molar refractivity (Wildman–Crippen MR) is 373 cm³/mol. The highest BCUT2D eigenvalue weighted by atomic mass is 14.6. The van der Waals surface area contributed by atoms with Crippen molar-refractivity contribution in [3.63, 3.8) is 0 Å². The Morgan fingerprint density at radius 1 is 0.111 bits per heavy atom. The lowest BCUT2D eigenvalue weighted by atomic mass is 9.45. The highest BCUT2D eigenvalue weighted by Crippen LogP contribution is 2.68. The highest BCUT2D eigenvalue weighted by molar-refractivity contribution is 5.09. The second-order valence-electron chi connectivity index (χ2n) is 41.8. The predicted octanol–water partition coefficient (Wildman–Crippen LogP) is 29.0. The van der Waals surface area contributed by atoms with Crippen LogP contribution in [0.4, 0.5) is 0 Å². The first-order chi connectivity index (χ1) is 35.7. The average Bonchev–Trinajstić information content (AvgIpc) is 3.95. The van der Waals surface area contributed by atoms with Gasteiger partial charge in [0.25, 0.3) is 0 Å². The Morgan fingerprint density at radius 2 is 0.198 bits per heavy atom. The molecule has 0 aromatic heterocycles. The Bertz CT molecular complexity index is 1650. The van der Waals surface area contributed by atoms with E-state index in [4.69, 9.17) is 0 Å². The van der Waals surface area contributed by atoms with E-state index in [2.05, 4.69) is 249 Å². The summed E-state index contributed by atoms with van der Waals surface area (Å²) < 4.78 is 0. The van der Waals surface area contributed by atoms with Crippen LogP contribution >= 0.6 is 0 Å². The van der Waals surface area contributed by atoms with E-state index in [0.29, 0.717) is 97.5 Å². The molecular weight excluding hydrogens is 973 g/mol. The maximum absolute atomic E-state index is 2.46. The van der Waals surface area contributed by atoms with Gasteiger partial charge >= 0.3 is 0 Å². The largest absolute Gasteiger partial charge is 0.0596 e. The fourth-order valence-corrected chi connectivity index (χ4v) is 21.4. The van der Waals surface area contributed by atoms with Gasteiger partial charge in [0, 0.05) is 0 Å². The molecule has 0 radical (unpaired) electrons. The lowest BCUT2D eigenvalue weighted by Crippen LogP contribution is -2.51. The van der Waals surface area contributed by atoms with Gasteiger partial charge in [-0.1, -0.05) is 346 Å². The van der Waals surface area contributed by atoms with E-state index < -0.39 is 0 Å². The van der Waals surface area contributed by atoms with Crippen LogP contribution in [0.1, 0.15) is 423 Å². The van der Waals surface area contributed by atoms with E-state index in [1.165, 1.54) is 173 Å². The van der Waals surface area contributed by atoms with Gasteiger partial charge in [-0.3, -0.25) is 0 Å². The summed E-state index contributed by atoms with van der Waals surface area (Å²) in [7, 11) is 0. The minimum atomic E-state index is 0.433. The second kappa shape index (κ2) is 27.4. The van der Waals surface area contributed by atoms with Crippen molar-refractivity contribution in [2.75, 3.05) is 0 Å². The molecule has 0 atom stereocenters. The molecule has 0 bridgehead atoms. The van der Waals surface area contributed by atoms with Crippen molar-refractivity contribution < 1.29 is 0 Å². The summed E-state index contributed by atoms with van der Waals surface area (Å²) in [6.07, 6.45) is 38.8. The minimum Gasteiger partial charge on any atom is -0.0596 e. The third-order valence-electron chi connectivity index (χ3n) is 26.5. The van der Waals surface area contributed by atoms with E-state index in [9.17, 15) is 0 Å². The Balaban J connectivity index is 0.000000488. The number of hydrogen-bond acceptors (Lipinski definition) is 0. The third kappa shape index (κ3) is 18.3. The van der Waals surface area contributed by atoms with E-state index >= 15 is 0 Å². The molecule has 6 aliphatic carbocycles. The van der Waals surface area contributed by atoms with Crippen LogP contribution in [0.2, 0.25) is 0 Å². The summed E-state index contributed by atoms with van der Waals surface area (Å²) in [6.45, 7) is 87.2. The highest BCUT2D eigenvalue weighted by Gasteiger charge is 2.59. The van der Waals surface area contributed by atoms with E-state index in [-0.39, 0.29) is 0 Å². The quantitative estimate of drug-likeness (QED) is 0.212. The van der Waals surface area contributed by atoms with Crippen LogP contribution < -0.4 is 0 Å². The summed E-state index contributed by atoms with van der Waals surface area (Å²) in [5.74, 6) is 0. The van der Waals surface area contributed by atoms with Gasteiger partial charge in [0.1, 0.15) is 0 Å². The van der Waals surface area contributed by atoms with E-state index in [1.54, 1.807) is 0 Å². The summed E-state index contributed by atoms with van der Waals surface area (Å²) in [4.78, 5) is 0. The molecule has 6 rings (SSSR count). The van der Waals surface area contributed by atoms with Gasteiger partial charge in [-0.2, -0.15) is 0 Å². The first kappa shape index (κ1) is 79.0. The second-order valence-corrected chi connectivity index (χ2v) is 41.8. The van der Waals surface area contributed by atoms with Crippen LogP contribution in [0.25, 0.3) is 0 Å². The fraction of sp³-hybridized carbons (Fsp3) is 1.00. The van der Waals surface area contributed by atoms with Crippen LogP contribution in [0.3, 0.4) is 0 Å². The van der Waals surface area contributed by atoms with Gasteiger partial charge in [0.15, 0.2) is 0 Å². The van der Waals surface area contributed by atoms with Crippen molar-refractivity contribution in [2.45, 2.75) is 423 Å². The van der Waals surface area contributed by atoms with Crippen molar-refractivity contribution in [2.24, 2.45) is 97.5 Å². The zero-order chi connectivity index (χ0) is 64.1. The van der Waals surface area contributed by atoms with Crippen LogP contribution in [0.15, 0.2) is 0 Å². The molecule has 0 saturated heterocycles. The third-order valence-corrected chi connectivity index (χ3v) is 26.5. The van der Waals surface area contributed by atoms with Crippen LogP contribution in [0, 0.1) is 97.5 Å². The van der Waals surface area contributed by atoms with Gasteiger partial charge in [0.2, 0.25) is 0 Å². The smallest absolute Gasteiger partial charge is 0.0200 e. The molecule has 0 amide bonds. The average molecular weight is 1140 g/mol. The minimum absolute atomic E-state index is 0.433. The van der Waals surface area contributed by atoms with E-state index in [0.717, 1.165) is 0 Å². The maximum atomic E-state index is 2.46. The number of hydrogen-bond donors (Lipinski definition) is 0. The zero-order valence-electron chi connectivity index (χ0n) is 64.1. The molecule has 0 N–H and O–H groups in total. The van der Waals surface area contributed by atoms with Gasteiger partial charge < -0.3 is 0 Å². The Morgan fingerprint density at radius 3 is 0.284 bits per heavy atom. The van der Waals surface area contributed by atoms with Gasteiger partial charge in [0.05, 0.1) is 0 Å². The van der Waals surface area contributed by atoms with Crippen LogP contribution in [-0.4, -0.2) is 0 Å². The molecule has 81 heavy (non-hydrogen) atoms. The molecule has 0 nitrogen and oxygen atoms in total. The SMILES string of the molecule is CC(C)(C)C1(C(C)(C)C)CC1.CC(C)(C)C1(C(C)(C)C)CCC1.CC(C)(C)C1(C(C)(C)C)CCCC1.CC(C)(C)C1(C(C)(C)C)CCCCC1.CC(C)(C)C1(C(C)(C)C)CCCCCC1.CC(C)(C)C1(C(C)(C)C)CCCCCCC1. The molecule has 0 spiro atoms. The summed E-state index contributed by atoms with van der Waals surface area (Å²) >= 11 is 0. The normalized spacial score (nSPS) is 23.6. The summed E-state index contributed by atoms with van der Waals surface area (Å²) in [6, 6.07) is 0. The van der Waals surface area contributed by atoms with Crippen molar-refractivity contribution in [1.29, 1.82) is 0 Å². The van der Waals surface area contributed by atoms with Crippen LogP contribution in [-0.2, 0) is 0 Å². The fourth-order valence-electron chi connectivity index (χ4n) is 21.4. The summed E-state index contributed by atoms with van der Waals surface area (Å²) in [5.41, 5.74) is 8.91. The molecular formula is C81H162. The molecule has 6 saturated carbocycles. The molecule has 6 aliphatic rings. The molecule has 486 valence electrons. The topological polar surface area (TPSA) is 0 Å². The van der Waals surface area contributed by atoms with Crippen molar-refractivity contribution in [1.82, 2.24) is 0 Å². The van der Waals surface area contributed by atoms with Crippen molar-refractivity contribution in [3.8, 4) is 0 Å².